The van der Waals surface area contributed by atoms with Crippen molar-refractivity contribution >= 4 is 23.5 Å². The number of rotatable bonds is 7. The molecule has 1 aliphatic rings. The number of benzene rings is 2. The Morgan fingerprint density at radius 1 is 1.06 bits per heavy atom. The number of ether oxygens (including phenoxy) is 2. The summed E-state index contributed by atoms with van der Waals surface area (Å²) in [6.45, 7) is 2.05. The fraction of sp³-hybridized carbons (Fsp3) is 0.273. The number of anilines is 2. The first-order valence-electron chi connectivity index (χ1n) is 9.85. The smallest absolute Gasteiger partial charge is 0.258 e. The summed E-state index contributed by atoms with van der Waals surface area (Å²) in [7, 11) is 3.12. The van der Waals surface area contributed by atoms with Crippen LogP contribution in [0.3, 0.4) is 0 Å². The van der Waals surface area contributed by atoms with Gasteiger partial charge in [-0.15, -0.1) is 5.10 Å². The number of carbonyl (C=O) groups excluding carboxylic acids is 2. The Morgan fingerprint density at radius 3 is 2.45 bits per heavy atom. The SMILES string of the molecule is COc1ccc(-c2nc(NC(=O)c3ccc(NC(=O)C4CC4C)cc3)n[nH]2)c(OC)c1. The van der Waals surface area contributed by atoms with Crippen molar-refractivity contribution in [3.8, 4) is 22.9 Å². The highest BCUT2D eigenvalue weighted by Gasteiger charge is 2.39. The van der Waals surface area contributed by atoms with Gasteiger partial charge in [-0.25, -0.2) is 0 Å². The number of nitrogens with zero attached hydrogens (tertiary/aromatic N) is 2. The van der Waals surface area contributed by atoms with Crippen molar-refractivity contribution < 1.29 is 19.1 Å². The fourth-order valence-corrected chi connectivity index (χ4v) is 3.23. The number of aromatic nitrogens is 3. The van der Waals surface area contributed by atoms with Crippen LogP contribution in [0, 0.1) is 11.8 Å². The Balaban J connectivity index is 1.41. The fourth-order valence-electron chi connectivity index (χ4n) is 3.23. The molecule has 3 N–H and O–H groups in total. The summed E-state index contributed by atoms with van der Waals surface area (Å²) in [5.41, 5.74) is 1.76. The number of hydrogen-bond acceptors (Lipinski definition) is 6. The van der Waals surface area contributed by atoms with Crippen LogP contribution in [0.4, 0.5) is 11.6 Å². The largest absolute Gasteiger partial charge is 0.497 e. The van der Waals surface area contributed by atoms with E-state index in [0.29, 0.717) is 40.1 Å². The molecule has 1 aliphatic carbocycles. The van der Waals surface area contributed by atoms with Crippen LogP contribution in [0.5, 0.6) is 11.5 Å². The average Bonchev–Trinajstić information content (AvgIpc) is 3.35. The van der Waals surface area contributed by atoms with Gasteiger partial charge in [0.05, 0.1) is 19.8 Å². The third-order valence-electron chi connectivity index (χ3n) is 5.24. The van der Waals surface area contributed by atoms with Gasteiger partial charge in [0, 0.05) is 23.2 Å². The molecule has 9 heteroatoms. The molecule has 1 heterocycles. The number of methoxy groups -OCH3 is 2. The summed E-state index contributed by atoms with van der Waals surface area (Å²) in [6.07, 6.45) is 0.924. The summed E-state index contributed by atoms with van der Waals surface area (Å²) in [6, 6.07) is 12.0. The number of H-pyrrole nitrogens is 1. The van der Waals surface area contributed by atoms with E-state index in [1.165, 1.54) is 0 Å². The Labute approximate surface area is 179 Å². The molecule has 0 spiro atoms. The van der Waals surface area contributed by atoms with Crippen molar-refractivity contribution in [3.63, 3.8) is 0 Å². The zero-order chi connectivity index (χ0) is 22.0. The minimum absolute atomic E-state index is 0.0203. The van der Waals surface area contributed by atoms with Gasteiger partial charge >= 0.3 is 0 Å². The molecule has 0 saturated heterocycles. The molecule has 0 aliphatic heterocycles. The molecular weight excluding hydrogens is 398 g/mol. The van der Waals surface area contributed by atoms with E-state index in [-0.39, 0.29) is 23.7 Å². The Kier molecular flexibility index (Phi) is 5.57. The molecule has 2 amide bonds. The molecule has 9 nitrogen and oxygen atoms in total. The third kappa shape index (κ3) is 4.50. The summed E-state index contributed by atoms with van der Waals surface area (Å²) >= 11 is 0. The summed E-state index contributed by atoms with van der Waals surface area (Å²) in [4.78, 5) is 28.9. The van der Waals surface area contributed by atoms with Crippen LogP contribution in [0.25, 0.3) is 11.4 Å². The topological polar surface area (TPSA) is 118 Å². The van der Waals surface area contributed by atoms with Crippen molar-refractivity contribution in [2.45, 2.75) is 13.3 Å². The molecule has 4 rings (SSSR count). The van der Waals surface area contributed by atoms with E-state index < -0.39 is 0 Å². The molecule has 3 aromatic rings. The minimum Gasteiger partial charge on any atom is -0.497 e. The highest BCUT2D eigenvalue weighted by atomic mass is 16.5. The Bertz CT molecular complexity index is 1110. The zero-order valence-corrected chi connectivity index (χ0v) is 17.4. The highest BCUT2D eigenvalue weighted by Crippen LogP contribution is 2.38. The van der Waals surface area contributed by atoms with Crippen LogP contribution in [0.2, 0.25) is 0 Å². The number of hydrogen-bond donors (Lipinski definition) is 3. The van der Waals surface area contributed by atoms with E-state index in [1.54, 1.807) is 56.7 Å². The van der Waals surface area contributed by atoms with Gasteiger partial charge in [0.2, 0.25) is 11.9 Å². The Hall–Kier alpha value is -3.88. The average molecular weight is 421 g/mol. The molecule has 0 radical (unpaired) electrons. The highest BCUT2D eigenvalue weighted by molar-refractivity contribution is 6.04. The lowest BCUT2D eigenvalue weighted by Gasteiger charge is -2.08. The van der Waals surface area contributed by atoms with Gasteiger partial charge in [-0.1, -0.05) is 6.92 Å². The maximum Gasteiger partial charge on any atom is 0.258 e. The first-order valence-corrected chi connectivity index (χ1v) is 9.85. The lowest BCUT2D eigenvalue weighted by molar-refractivity contribution is -0.117. The predicted molar refractivity (Wildman–Crippen MR) is 115 cm³/mol. The van der Waals surface area contributed by atoms with Crippen molar-refractivity contribution in [2.75, 3.05) is 24.9 Å². The second-order valence-electron chi connectivity index (χ2n) is 7.41. The first kappa shape index (κ1) is 20.4. The molecule has 1 aromatic heterocycles. The molecule has 1 saturated carbocycles. The molecular formula is C22H23N5O4. The summed E-state index contributed by atoms with van der Waals surface area (Å²) in [5, 5.41) is 12.4. The van der Waals surface area contributed by atoms with Crippen LogP contribution in [0.1, 0.15) is 23.7 Å². The van der Waals surface area contributed by atoms with Crippen LogP contribution < -0.4 is 20.1 Å². The maximum atomic E-state index is 12.5. The van der Waals surface area contributed by atoms with Gasteiger partial charge in [0.25, 0.3) is 5.91 Å². The standard InChI is InChI=1S/C22H23N5O4/c1-12-10-17(12)21(29)23-14-6-4-13(5-7-14)20(28)25-22-24-19(26-27-22)16-9-8-15(30-2)11-18(16)31-3/h4-9,11-12,17H,10H2,1-3H3,(H,23,29)(H2,24,25,26,27,28). The van der Waals surface area contributed by atoms with Gasteiger partial charge in [0.1, 0.15) is 11.5 Å². The summed E-state index contributed by atoms with van der Waals surface area (Å²) in [5.74, 6) is 1.99. The first-order chi connectivity index (χ1) is 15.0. The minimum atomic E-state index is -0.360. The van der Waals surface area contributed by atoms with Gasteiger partial charge in [-0.2, -0.15) is 4.98 Å². The van der Waals surface area contributed by atoms with E-state index in [4.69, 9.17) is 9.47 Å². The quantitative estimate of drug-likeness (QED) is 0.538. The molecule has 160 valence electrons. The molecule has 2 unspecified atom stereocenters. The van der Waals surface area contributed by atoms with Crippen molar-refractivity contribution in [2.24, 2.45) is 11.8 Å². The van der Waals surface area contributed by atoms with Crippen molar-refractivity contribution in [1.82, 2.24) is 15.2 Å². The van der Waals surface area contributed by atoms with Crippen LogP contribution in [0.15, 0.2) is 42.5 Å². The zero-order valence-electron chi connectivity index (χ0n) is 17.4. The second-order valence-corrected chi connectivity index (χ2v) is 7.41. The molecule has 2 atom stereocenters. The lowest BCUT2D eigenvalue weighted by atomic mass is 10.2. The molecule has 0 bridgehead atoms. The Morgan fingerprint density at radius 2 is 1.81 bits per heavy atom. The number of amides is 2. The van der Waals surface area contributed by atoms with Crippen LogP contribution in [-0.2, 0) is 4.79 Å². The van der Waals surface area contributed by atoms with Gasteiger partial charge in [-0.05, 0) is 48.7 Å². The van der Waals surface area contributed by atoms with Gasteiger partial charge < -0.3 is 14.8 Å². The lowest BCUT2D eigenvalue weighted by Crippen LogP contribution is -2.15. The van der Waals surface area contributed by atoms with E-state index >= 15 is 0 Å². The van der Waals surface area contributed by atoms with E-state index in [0.717, 1.165) is 6.42 Å². The van der Waals surface area contributed by atoms with E-state index in [2.05, 4.69) is 32.7 Å². The van der Waals surface area contributed by atoms with Gasteiger partial charge in [-0.3, -0.25) is 20.0 Å². The van der Waals surface area contributed by atoms with E-state index in [9.17, 15) is 9.59 Å². The normalized spacial score (nSPS) is 17.0. The monoisotopic (exact) mass is 421 g/mol. The van der Waals surface area contributed by atoms with Crippen LogP contribution in [-0.4, -0.2) is 41.2 Å². The number of aromatic amines is 1. The molecule has 2 aromatic carbocycles. The predicted octanol–water partition coefficient (Wildman–Crippen LogP) is 3.34. The van der Waals surface area contributed by atoms with E-state index in [1.807, 2.05) is 0 Å². The molecule has 1 fully saturated rings. The molecule has 31 heavy (non-hydrogen) atoms. The van der Waals surface area contributed by atoms with Crippen LogP contribution >= 0.6 is 0 Å². The second kappa shape index (κ2) is 8.47. The van der Waals surface area contributed by atoms with Gasteiger partial charge in [0.15, 0.2) is 5.82 Å². The summed E-state index contributed by atoms with van der Waals surface area (Å²) < 4.78 is 10.6. The number of carbonyl (C=O) groups is 2. The maximum absolute atomic E-state index is 12.5. The number of nitrogens with one attached hydrogen (secondary N) is 3. The van der Waals surface area contributed by atoms with Crippen molar-refractivity contribution in [3.05, 3.63) is 48.0 Å². The third-order valence-corrected chi connectivity index (χ3v) is 5.24. The van der Waals surface area contributed by atoms with Crippen molar-refractivity contribution in [1.29, 1.82) is 0 Å².